The minimum atomic E-state index is -4.02. The fourth-order valence-corrected chi connectivity index (χ4v) is 2.51. The molecule has 108 valence electrons. The maximum atomic E-state index is 12.0. The van der Waals surface area contributed by atoms with E-state index in [1.54, 1.807) is 11.8 Å². The Kier molecular flexibility index (Phi) is 7.31. The fraction of sp³-hybridized carbons (Fsp3) is 0.571. The van der Waals surface area contributed by atoms with Crippen LogP contribution in [0.1, 0.15) is 26.2 Å². The van der Waals surface area contributed by atoms with Gasteiger partial charge in [-0.3, -0.25) is 0 Å². The third-order valence-corrected chi connectivity index (χ3v) is 3.72. The molecule has 1 unspecified atom stereocenters. The van der Waals surface area contributed by atoms with E-state index in [4.69, 9.17) is 0 Å². The van der Waals surface area contributed by atoms with E-state index in [0.29, 0.717) is 6.42 Å². The average Bonchev–Trinajstić information content (AvgIpc) is 2.34. The van der Waals surface area contributed by atoms with Crippen molar-refractivity contribution in [1.82, 2.24) is 5.32 Å². The van der Waals surface area contributed by atoms with E-state index in [1.807, 2.05) is 25.1 Å². The first-order valence-corrected chi connectivity index (χ1v) is 7.44. The summed E-state index contributed by atoms with van der Waals surface area (Å²) in [7, 11) is 0. The fourth-order valence-electron chi connectivity index (χ4n) is 1.70. The third-order valence-electron chi connectivity index (χ3n) is 2.70. The highest BCUT2D eigenvalue weighted by atomic mass is 32.2. The predicted octanol–water partition coefficient (Wildman–Crippen LogP) is 4.49. The lowest BCUT2D eigenvalue weighted by atomic mass is 10.1. The molecular weight excluding hydrogens is 271 g/mol. The lowest BCUT2D eigenvalue weighted by Crippen LogP contribution is -2.28. The van der Waals surface area contributed by atoms with Crippen molar-refractivity contribution in [3.8, 4) is 0 Å². The van der Waals surface area contributed by atoms with Crippen molar-refractivity contribution in [3.05, 3.63) is 30.3 Å². The maximum Gasteiger partial charge on any atom is 0.389 e. The number of alkyl halides is 3. The smallest absolute Gasteiger partial charge is 0.313 e. The lowest BCUT2D eigenvalue weighted by molar-refractivity contribution is -0.135. The second-order valence-corrected chi connectivity index (χ2v) is 5.69. The van der Waals surface area contributed by atoms with E-state index in [1.165, 1.54) is 4.90 Å². The Morgan fingerprint density at radius 2 is 1.89 bits per heavy atom. The van der Waals surface area contributed by atoms with Gasteiger partial charge in [-0.15, -0.1) is 11.8 Å². The zero-order chi connectivity index (χ0) is 14.1. The van der Waals surface area contributed by atoms with E-state index in [0.717, 1.165) is 12.3 Å². The molecule has 0 amide bonds. The quantitative estimate of drug-likeness (QED) is 0.559. The normalized spacial score (nSPS) is 13.5. The van der Waals surface area contributed by atoms with Crippen LogP contribution in [0.15, 0.2) is 35.2 Å². The van der Waals surface area contributed by atoms with Crippen LogP contribution >= 0.6 is 11.8 Å². The van der Waals surface area contributed by atoms with Gasteiger partial charge >= 0.3 is 6.18 Å². The van der Waals surface area contributed by atoms with Gasteiger partial charge in [0.1, 0.15) is 0 Å². The maximum absolute atomic E-state index is 12.0. The number of hydrogen-bond acceptors (Lipinski definition) is 2. The number of hydrogen-bond donors (Lipinski definition) is 1. The van der Waals surface area contributed by atoms with Crippen molar-refractivity contribution < 1.29 is 13.2 Å². The molecule has 1 aromatic carbocycles. The molecule has 0 aliphatic carbocycles. The van der Waals surface area contributed by atoms with Crippen LogP contribution in [0.25, 0.3) is 0 Å². The first-order valence-electron chi connectivity index (χ1n) is 6.45. The minimum Gasteiger partial charge on any atom is -0.313 e. The van der Waals surface area contributed by atoms with Gasteiger partial charge in [-0.2, -0.15) is 13.2 Å². The van der Waals surface area contributed by atoms with Crippen molar-refractivity contribution in [2.45, 2.75) is 43.3 Å². The summed E-state index contributed by atoms with van der Waals surface area (Å²) >= 11 is 1.75. The topological polar surface area (TPSA) is 12.0 Å². The van der Waals surface area contributed by atoms with Crippen LogP contribution in [0, 0.1) is 0 Å². The summed E-state index contributed by atoms with van der Waals surface area (Å²) in [6.45, 7) is 2.75. The molecular formula is C14H20F3NS. The van der Waals surface area contributed by atoms with Crippen molar-refractivity contribution in [2.75, 3.05) is 12.3 Å². The molecule has 0 spiro atoms. The second kappa shape index (κ2) is 8.48. The lowest BCUT2D eigenvalue weighted by Gasteiger charge is -2.14. The SMILES string of the molecule is CC(CCCC(F)(F)F)NCCSc1ccccc1. The first kappa shape index (κ1) is 16.4. The summed E-state index contributed by atoms with van der Waals surface area (Å²) in [4.78, 5) is 1.22. The molecule has 1 aromatic rings. The van der Waals surface area contributed by atoms with Crippen molar-refractivity contribution in [2.24, 2.45) is 0 Å². The Morgan fingerprint density at radius 3 is 2.53 bits per heavy atom. The number of rotatable bonds is 8. The number of benzene rings is 1. The van der Waals surface area contributed by atoms with Gasteiger partial charge < -0.3 is 5.32 Å². The first-order chi connectivity index (χ1) is 8.97. The molecule has 1 nitrogen and oxygen atoms in total. The molecule has 0 heterocycles. The van der Waals surface area contributed by atoms with Gasteiger partial charge in [0.15, 0.2) is 0 Å². The molecule has 0 saturated heterocycles. The van der Waals surface area contributed by atoms with E-state index in [-0.39, 0.29) is 12.5 Å². The molecule has 5 heteroatoms. The van der Waals surface area contributed by atoms with Crippen LogP contribution in [-0.2, 0) is 0 Å². The van der Waals surface area contributed by atoms with E-state index in [2.05, 4.69) is 17.4 Å². The van der Waals surface area contributed by atoms with Crippen LogP contribution in [0.5, 0.6) is 0 Å². The molecule has 19 heavy (non-hydrogen) atoms. The Balaban J connectivity index is 2.03. The molecule has 0 aliphatic heterocycles. The highest BCUT2D eigenvalue weighted by molar-refractivity contribution is 7.99. The summed E-state index contributed by atoms with van der Waals surface area (Å²) in [5, 5.41) is 3.25. The van der Waals surface area contributed by atoms with Crippen molar-refractivity contribution in [3.63, 3.8) is 0 Å². The zero-order valence-corrected chi connectivity index (χ0v) is 11.9. The Morgan fingerprint density at radius 1 is 1.21 bits per heavy atom. The largest absolute Gasteiger partial charge is 0.389 e. The summed E-state index contributed by atoms with van der Waals surface area (Å²) in [5.41, 5.74) is 0. The van der Waals surface area contributed by atoms with E-state index >= 15 is 0 Å². The summed E-state index contributed by atoms with van der Waals surface area (Å²) in [6.07, 6.45) is -3.94. The van der Waals surface area contributed by atoms with Crippen LogP contribution in [0.2, 0.25) is 0 Å². The van der Waals surface area contributed by atoms with Crippen LogP contribution in [0.4, 0.5) is 13.2 Å². The van der Waals surface area contributed by atoms with E-state index in [9.17, 15) is 13.2 Å². The van der Waals surface area contributed by atoms with Crippen LogP contribution in [0.3, 0.4) is 0 Å². The second-order valence-electron chi connectivity index (χ2n) is 4.52. The number of nitrogens with one attached hydrogen (secondary N) is 1. The van der Waals surface area contributed by atoms with Gasteiger partial charge in [-0.05, 0) is 31.9 Å². The molecule has 0 aromatic heterocycles. The van der Waals surface area contributed by atoms with Gasteiger partial charge in [-0.1, -0.05) is 18.2 Å². The molecule has 1 atom stereocenters. The van der Waals surface area contributed by atoms with Gasteiger partial charge in [0.2, 0.25) is 0 Å². The molecule has 0 fully saturated rings. The third kappa shape index (κ3) is 8.94. The monoisotopic (exact) mass is 291 g/mol. The molecule has 0 saturated carbocycles. The standard InChI is InChI=1S/C14H20F3NS/c1-12(6-5-9-14(15,16)17)18-10-11-19-13-7-3-2-4-8-13/h2-4,7-8,12,18H,5-6,9-11H2,1H3. The van der Waals surface area contributed by atoms with Crippen LogP contribution < -0.4 is 5.32 Å². The van der Waals surface area contributed by atoms with Crippen molar-refractivity contribution >= 4 is 11.8 Å². The van der Waals surface area contributed by atoms with Crippen molar-refractivity contribution in [1.29, 1.82) is 0 Å². The molecule has 0 aliphatic rings. The van der Waals surface area contributed by atoms with Gasteiger partial charge in [-0.25, -0.2) is 0 Å². The van der Waals surface area contributed by atoms with Gasteiger partial charge in [0.25, 0.3) is 0 Å². The Hall–Kier alpha value is -0.680. The highest BCUT2D eigenvalue weighted by Gasteiger charge is 2.26. The summed E-state index contributed by atoms with van der Waals surface area (Å²) in [6, 6.07) is 10.2. The molecule has 0 bridgehead atoms. The average molecular weight is 291 g/mol. The van der Waals surface area contributed by atoms with Gasteiger partial charge in [0.05, 0.1) is 0 Å². The van der Waals surface area contributed by atoms with Gasteiger partial charge in [0, 0.05) is 29.7 Å². The Bertz CT molecular complexity index is 340. The zero-order valence-electron chi connectivity index (χ0n) is 11.0. The van der Waals surface area contributed by atoms with E-state index < -0.39 is 12.6 Å². The summed E-state index contributed by atoms with van der Waals surface area (Å²) in [5.74, 6) is 0.924. The number of thioether (sulfide) groups is 1. The summed E-state index contributed by atoms with van der Waals surface area (Å²) < 4.78 is 35.9. The molecule has 1 N–H and O–H groups in total. The Labute approximate surface area is 117 Å². The molecule has 1 rings (SSSR count). The predicted molar refractivity (Wildman–Crippen MR) is 74.5 cm³/mol. The molecule has 0 radical (unpaired) electrons. The number of halogens is 3. The van der Waals surface area contributed by atoms with Crippen LogP contribution in [-0.4, -0.2) is 24.5 Å². The highest BCUT2D eigenvalue weighted by Crippen LogP contribution is 2.22. The minimum absolute atomic E-state index is 0.138.